The van der Waals surface area contributed by atoms with Crippen molar-refractivity contribution in [2.75, 3.05) is 11.0 Å². The van der Waals surface area contributed by atoms with Gasteiger partial charge >= 0.3 is 0 Å². The van der Waals surface area contributed by atoms with E-state index in [1.165, 1.54) is 0 Å². The average Bonchev–Trinajstić information content (AvgIpc) is 2.57. The quantitative estimate of drug-likeness (QED) is 0.747. The molecular weight excluding hydrogens is 242 g/mol. The molecular formula is C10H11N3O3S. The standard InChI is InChI=1S/C10H11N3O3S/c1-17(15,16)13-7-2-3-8-6(4-7)5-9(12-8)10(11)14/h2-5,12-13H,1H3,(H2,11,14). The zero-order valence-corrected chi connectivity index (χ0v) is 9.84. The van der Waals surface area contributed by atoms with Gasteiger partial charge in [-0.15, -0.1) is 0 Å². The van der Waals surface area contributed by atoms with E-state index in [-0.39, 0.29) is 5.69 Å². The number of carbonyl (C=O) groups is 1. The van der Waals surface area contributed by atoms with Crippen molar-refractivity contribution in [1.29, 1.82) is 0 Å². The summed E-state index contributed by atoms with van der Waals surface area (Å²) in [4.78, 5) is 13.8. The maximum absolute atomic E-state index is 11.1. The highest BCUT2D eigenvalue weighted by Gasteiger charge is 2.07. The number of nitrogens with one attached hydrogen (secondary N) is 2. The number of nitrogens with two attached hydrogens (primary N) is 1. The summed E-state index contributed by atoms with van der Waals surface area (Å²) < 4.78 is 24.5. The lowest BCUT2D eigenvalue weighted by Gasteiger charge is -2.02. The molecule has 7 heteroatoms. The van der Waals surface area contributed by atoms with Gasteiger partial charge in [-0.05, 0) is 24.3 Å². The van der Waals surface area contributed by atoms with E-state index in [1.807, 2.05) is 0 Å². The number of anilines is 1. The Bertz CT molecular complexity index is 688. The Hall–Kier alpha value is -2.02. The van der Waals surface area contributed by atoms with E-state index < -0.39 is 15.9 Å². The third kappa shape index (κ3) is 2.56. The van der Waals surface area contributed by atoms with Crippen molar-refractivity contribution in [3.8, 4) is 0 Å². The highest BCUT2D eigenvalue weighted by Crippen LogP contribution is 2.20. The summed E-state index contributed by atoms with van der Waals surface area (Å²) in [6, 6.07) is 6.48. The van der Waals surface area contributed by atoms with E-state index in [0.717, 1.165) is 11.8 Å². The molecule has 6 nitrogen and oxygen atoms in total. The molecule has 0 radical (unpaired) electrons. The summed E-state index contributed by atoms with van der Waals surface area (Å²) in [7, 11) is -3.31. The first-order valence-electron chi connectivity index (χ1n) is 4.75. The second-order valence-electron chi connectivity index (χ2n) is 3.72. The van der Waals surface area contributed by atoms with Crippen molar-refractivity contribution in [3.63, 3.8) is 0 Å². The Kier molecular flexibility index (Phi) is 2.55. The van der Waals surface area contributed by atoms with Crippen LogP contribution in [0.4, 0.5) is 5.69 Å². The van der Waals surface area contributed by atoms with Gasteiger partial charge in [0.1, 0.15) is 5.69 Å². The average molecular weight is 253 g/mol. The van der Waals surface area contributed by atoms with Gasteiger partial charge in [-0.1, -0.05) is 0 Å². The molecule has 1 amide bonds. The highest BCUT2D eigenvalue weighted by molar-refractivity contribution is 7.92. The van der Waals surface area contributed by atoms with Gasteiger partial charge in [-0.25, -0.2) is 8.42 Å². The molecule has 4 N–H and O–H groups in total. The normalized spacial score (nSPS) is 11.6. The number of carbonyl (C=O) groups excluding carboxylic acids is 1. The summed E-state index contributed by atoms with van der Waals surface area (Å²) in [5.74, 6) is -0.557. The molecule has 0 aliphatic carbocycles. The van der Waals surface area contributed by atoms with E-state index >= 15 is 0 Å². The van der Waals surface area contributed by atoms with Gasteiger partial charge in [0.2, 0.25) is 10.0 Å². The highest BCUT2D eigenvalue weighted by atomic mass is 32.2. The monoisotopic (exact) mass is 253 g/mol. The smallest absolute Gasteiger partial charge is 0.265 e. The lowest BCUT2D eigenvalue weighted by atomic mass is 10.2. The Morgan fingerprint density at radius 1 is 1.35 bits per heavy atom. The van der Waals surface area contributed by atoms with Crippen LogP contribution in [-0.2, 0) is 10.0 Å². The minimum absolute atomic E-state index is 0.288. The van der Waals surface area contributed by atoms with Crippen LogP contribution in [0.25, 0.3) is 10.9 Å². The number of fused-ring (bicyclic) bond motifs is 1. The first-order chi connectivity index (χ1) is 7.85. The molecule has 0 aliphatic rings. The van der Waals surface area contributed by atoms with Crippen LogP contribution in [-0.4, -0.2) is 25.6 Å². The number of aromatic amines is 1. The second kappa shape index (κ2) is 3.77. The summed E-state index contributed by atoms with van der Waals surface area (Å²) in [6.45, 7) is 0. The van der Waals surface area contributed by atoms with Crippen molar-refractivity contribution in [3.05, 3.63) is 30.0 Å². The molecule has 1 aromatic carbocycles. The Balaban J connectivity index is 2.47. The van der Waals surface area contributed by atoms with Crippen LogP contribution in [0.2, 0.25) is 0 Å². The van der Waals surface area contributed by atoms with Crippen LogP contribution in [0.3, 0.4) is 0 Å². The van der Waals surface area contributed by atoms with Gasteiger partial charge in [-0.2, -0.15) is 0 Å². The SMILES string of the molecule is CS(=O)(=O)Nc1ccc2[nH]c(C(N)=O)cc2c1. The van der Waals surface area contributed by atoms with E-state index in [0.29, 0.717) is 11.1 Å². The Labute approximate surface area is 97.9 Å². The number of rotatable bonds is 3. The molecule has 0 saturated heterocycles. The summed E-state index contributed by atoms with van der Waals surface area (Å²) in [5.41, 5.74) is 6.58. The Morgan fingerprint density at radius 3 is 2.65 bits per heavy atom. The number of benzene rings is 1. The molecule has 17 heavy (non-hydrogen) atoms. The van der Waals surface area contributed by atoms with Crippen molar-refractivity contribution < 1.29 is 13.2 Å². The van der Waals surface area contributed by atoms with Crippen molar-refractivity contribution in [2.45, 2.75) is 0 Å². The number of amides is 1. The number of H-pyrrole nitrogens is 1. The minimum atomic E-state index is -3.31. The van der Waals surface area contributed by atoms with Gasteiger partial charge in [0.25, 0.3) is 5.91 Å². The molecule has 2 rings (SSSR count). The molecule has 0 bridgehead atoms. The maximum atomic E-state index is 11.1. The molecule has 1 heterocycles. The third-order valence-corrected chi connectivity index (χ3v) is 2.80. The van der Waals surface area contributed by atoms with Crippen LogP contribution in [0.1, 0.15) is 10.5 Å². The van der Waals surface area contributed by atoms with Crippen LogP contribution in [0.5, 0.6) is 0 Å². The number of hydrogen-bond donors (Lipinski definition) is 3. The zero-order chi connectivity index (χ0) is 12.6. The van der Waals surface area contributed by atoms with Crippen LogP contribution in [0.15, 0.2) is 24.3 Å². The number of aromatic nitrogens is 1. The lowest BCUT2D eigenvalue weighted by Crippen LogP contribution is -2.10. The molecule has 2 aromatic rings. The fourth-order valence-corrected chi connectivity index (χ4v) is 2.10. The lowest BCUT2D eigenvalue weighted by molar-refractivity contribution is 0.0996. The number of sulfonamides is 1. The first kappa shape index (κ1) is 11.5. The van der Waals surface area contributed by atoms with Gasteiger partial charge < -0.3 is 10.7 Å². The van der Waals surface area contributed by atoms with Crippen LogP contribution in [0, 0.1) is 0 Å². The zero-order valence-electron chi connectivity index (χ0n) is 9.02. The molecule has 0 aliphatic heterocycles. The predicted octanol–water partition coefficient (Wildman–Crippen LogP) is 0.638. The van der Waals surface area contributed by atoms with E-state index in [9.17, 15) is 13.2 Å². The molecule has 0 unspecified atom stereocenters. The second-order valence-corrected chi connectivity index (χ2v) is 5.47. The number of hydrogen-bond acceptors (Lipinski definition) is 3. The van der Waals surface area contributed by atoms with Gasteiger partial charge in [-0.3, -0.25) is 9.52 Å². The van der Waals surface area contributed by atoms with E-state index in [4.69, 9.17) is 5.73 Å². The summed E-state index contributed by atoms with van der Waals surface area (Å²) >= 11 is 0. The van der Waals surface area contributed by atoms with Crippen molar-refractivity contribution in [2.24, 2.45) is 5.73 Å². The van der Waals surface area contributed by atoms with Gasteiger partial charge in [0.05, 0.1) is 6.26 Å². The largest absolute Gasteiger partial charge is 0.364 e. The fourth-order valence-electron chi connectivity index (χ4n) is 1.54. The minimum Gasteiger partial charge on any atom is -0.364 e. The van der Waals surface area contributed by atoms with Gasteiger partial charge in [0, 0.05) is 16.6 Å². The molecule has 0 saturated carbocycles. The summed E-state index contributed by atoms with van der Waals surface area (Å²) in [5, 5.41) is 0.715. The molecule has 0 spiro atoms. The molecule has 1 aromatic heterocycles. The van der Waals surface area contributed by atoms with Crippen LogP contribution >= 0.6 is 0 Å². The Morgan fingerprint density at radius 2 is 2.06 bits per heavy atom. The third-order valence-electron chi connectivity index (χ3n) is 2.19. The molecule has 0 fully saturated rings. The fraction of sp³-hybridized carbons (Fsp3) is 0.100. The molecule has 0 atom stereocenters. The number of primary amides is 1. The van der Waals surface area contributed by atoms with Gasteiger partial charge in [0.15, 0.2) is 0 Å². The molecule has 90 valence electrons. The van der Waals surface area contributed by atoms with Crippen molar-refractivity contribution in [1.82, 2.24) is 4.98 Å². The maximum Gasteiger partial charge on any atom is 0.265 e. The van der Waals surface area contributed by atoms with Crippen LogP contribution < -0.4 is 10.5 Å². The summed E-state index contributed by atoms with van der Waals surface area (Å²) in [6.07, 6.45) is 1.07. The first-order valence-corrected chi connectivity index (χ1v) is 6.65. The topological polar surface area (TPSA) is 105 Å². The van der Waals surface area contributed by atoms with Crippen molar-refractivity contribution >= 4 is 32.5 Å². The van der Waals surface area contributed by atoms with E-state index in [2.05, 4.69) is 9.71 Å². The predicted molar refractivity (Wildman–Crippen MR) is 65.3 cm³/mol. The van der Waals surface area contributed by atoms with E-state index in [1.54, 1.807) is 24.3 Å².